The first-order valence-corrected chi connectivity index (χ1v) is 22.1. The largest absolute Gasteiger partial charge is 0.308 e. The standard InChI is InChI=1S/C61H38F2N2/c62-53-31-15-17-33-55(53)64(39-19-3-1-4-20-39)41-35-36-48-49(37-41)42-23-7-9-27-46(42)58-50-38-57(65(40-21-5-2-6-22-40)56-34-18-16-32-54(56)63)45-26-8-10-28-47(45)59(50)61(60(48)58)51-29-13-11-24-43(51)44-25-12-14-30-52(44)61/h1-38H. The van der Waals surface area contributed by atoms with Crippen molar-refractivity contribution in [3.05, 3.63) is 264 Å². The minimum absolute atomic E-state index is 0.300. The van der Waals surface area contributed by atoms with Crippen molar-refractivity contribution in [2.75, 3.05) is 9.80 Å². The van der Waals surface area contributed by atoms with Crippen molar-refractivity contribution >= 4 is 66.4 Å². The fraction of sp³-hybridized carbons (Fsp3) is 0.0164. The Labute approximate surface area is 375 Å². The highest BCUT2D eigenvalue weighted by Crippen LogP contribution is 2.67. The van der Waals surface area contributed by atoms with Crippen LogP contribution in [0.5, 0.6) is 0 Å². The molecule has 0 fully saturated rings. The van der Waals surface area contributed by atoms with E-state index in [1.165, 1.54) is 45.5 Å². The van der Waals surface area contributed by atoms with Crippen molar-refractivity contribution in [3.8, 4) is 22.3 Å². The number of hydrogen-bond donors (Lipinski definition) is 0. The maximum atomic E-state index is 16.3. The van der Waals surface area contributed by atoms with Gasteiger partial charge in [-0.25, -0.2) is 8.78 Å². The first-order chi connectivity index (χ1) is 32.1. The molecule has 0 N–H and O–H groups in total. The van der Waals surface area contributed by atoms with Gasteiger partial charge in [-0.3, -0.25) is 0 Å². The molecule has 0 aliphatic heterocycles. The number of fused-ring (bicyclic) bond motifs is 17. The Kier molecular flexibility index (Phi) is 8.22. The molecular formula is C61H38F2N2. The van der Waals surface area contributed by atoms with E-state index in [9.17, 15) is 0 Å². The molecule has 0 bridgehead atoms. The van der Waals surface area contributed by atoms with Crippen LogP contribution in [0.3, 0.4) is 0 Å². The molecule has 2 aliphatic carbocycles. The van der Waals surface area contributed by atoms with E-state index in [1.807, 2.05) is 89.8 Å². The molecule has 0 heterocycles. The van der Waals surface area contributed by atoms with Crippen LogP contribution >= 0.6 is 0 Å². The van der Waals surface area contributed by atoms with E-state index in [0.717, 1.165) is 66.2 Å². The highest BCUT2D eigenvalue weighted by molar-refractivity contribution is 6.23. The van der Waals surface area contributed by atoms with Gasteiger partial charge in [0.25, 0.3) is 0 Å². The van der Waals surface area contributed by atoms with Gasteiger partial charge in [0, 0.05) is 22.4 Å². The minimum atomic E-state index is -0.736. The summed E-state index contributed by atoms with van der Waals surface area (Å²) in [7, 11) is 0. The van der Waals surface area contributed by atoms with E-state index >= 15 is 8.78 Å². The Morgan fingerprint density at radius 3 is 1.40 bits per heavy atom. The van der Waals surface area contributed by atoms with Gasteiger partial charge in [-0.05, 0) is 138 Å². The zero-order chi connectivity index (χ0) is 43.2. The van der Waals surface area contributed by atoms with Crippen LogP contribution in [0, 0.1) is 11.6 Å². The maximum absolute atomic E-state index is 16.3. The summed E-state index contributed by atoms with van der Waals surface area (Å²) in [6.07, 6.45) is 0. The zero-order valence-corrected chi connectivity index (χ0v) is 35.1. The average Bonchev–Trinajstić information content (AvgIpc) is 3.84. The molecule has 0 unspecified atom stereocenters. The Morgan fingerprint density at radius 2 is 0.769 bits per heavy atom. The number of para-hydroxylation sites is 4. The molecule has 1 spiro atoms. The second kappa shape index (κ2) is 14.3. The molecule has 11 aromatic rings. The van der Waals surface area contributed by atoms with Crippen LogP contribution in [0.15, 0.2) is 231 Å². The molecule has 0 saturated heterocycles. The Morgan fingerprint density at radius 1 is 0.292 bits per heavy atom. The predicted molar refractivity (Wildman–Crippen MR) is 265 cm³/mol. The molecule has 0 radical (unpaired) electrons. The topological polar surface area (TPSA) is 6.48 Å². The molecule has 4 heteroatoms. The van der Waals surface area contributed by atoms with Crippen molar-refractivity contribution in [1.29, 1.82) is 0 Å². The van der Waals surface area contributed by atoms with E-state index in [0.29, 0.717) is 11.4 Å². The van der Waals surface area contributed by atoms with E-state index < -0.39 is 5.41 Å². The molecule has 11 aromatic carbocycles. The first kappa shape index (κ1) is 37.2. The summed E-state index contributed by atoms with van der Waals surface area (Å²) in [5, 5.41) is 6.52. The van der Waals surface area contributed by atoms with E-state index in [1.54, 1.807) is 12.1 Å². The van der Waals surface area contributed by atoms with Crippen molar-refractivity contribution in [3.63, 3.8) is 0 Å². The lowest BCUT2D eigenvalue weighted by molar-refractivity contribution is 0.628. The van der Waals surface area contributed by atoms with Gasteiger partial charge in [0.2, 0.25) is 0 Å². The average molecular weight is 837 g/mol. The number of anilines is 6. The summed E-state index contributed by atoms with van der Waals surface area (Å²) in [6.45, 7) is 0. The van der Waals surface area contributed by atoms with Crippen LogP contribution in [0.2, 0.25) is 0 Å². The van der Waals surface area contributed by atoms with Gasteiger partial charge in [-0.2, -0.15) is 0 Å². The fourth-order valence-corrected chi connectivity index (χ4v) is 11.3. The molecule has 306 valence electrons. The predicted octanol–water partition coefficient (Wildman–Crippen LogP) is 16.7. The highest BCUT2D eigenvalue weighted by atomic mass is 19.1. The summed E-state index contributed by atoms with van der Waals surface area (Å²) in [6, 6.07) is 78.3. The van der Waals surface area contributed by atoms with Crippen molar-refractivity contribution in [1.82, 2.24) is 0 Å². The van der Waals surface area contributed by atoms with Crippen LogP contribution < -0.4 is 9.80 Å². The third-order valence-corrected chi connectivity index (χ3v) is 13.7. The smallest absolute Gasteiger partial charge is 0.147 e. The molecule has 0 amide bonds. The van der Waals surface area contributed by atoms with Crippen molar-refractivity contribution in [2.45, 2.75) is 5.41 Å². The van der Waals surface area contributed by atoms with Crippen LogP contribution in [-0.4, -0.2) is 0 Å². The molecule has 0 saturated carbocycles. The number of rotatable bonds is 6. The lowest BCUT2D eigenvalue weighted by Gasteiger charge is -2.34. The van der Waals surface area contributed by atoms with Gasteiger partial charge in [-0.1, -0.05) is 164 Å². The summed E-state index contributed by atoms with van der Waals surface area (Å²) >= 11 is 0. The number of hydrogen-bond acceptors (Lipinski definition) is 2. The minimum Gasteiger partial charge on any atom is -0.308 e. The van der Waals surface area contributed by atoms with Crippen molar-refractivity contribution in [2.24, 2.45) is 0 Å². The second-order valence-electron chi connectivity index (χ2n) is 17.0. The highest BCUT2D eigenvalue weighted by Gasteiger charge is 2.54. The molecule has 2 nitrogen and oxygen atoms in total. The fourth-order valence-electron chi connectivity index (χ4n) is 11.3. The third kappa shape index (κ3) is 5.25. The maximum Gasteiger partial charge on any atom is 0.147 e. The van der Waals surface area contributed by atoms with Gasteiger partial charge < -0.3 is 9.80 Å². The van der Waals surface area contributed by atoms with Gasteiger partial charge >= 0.3 is 0 Å². The van der Waals surface area contributed by atoms with Crippen LogP contribution in [0.4, 0.5) is 42.9 Å². The molecule has 0 aromatic heterocycles. The van der Waals surface area contributed by atoms with Gasteiger partial charge in [0.05, 0.1) is 22.5 Å². The van der Waals surface area contributed by atoms with E-state index in [2.05, 4.69) is 126 Å². The second-order valence-corrected chi connectivity index (χ2v) is 17.0. The lowest BCUT2D eigenvalue weighted by atomic mass is 9.68. The van der Waals surface area contributed by atoms with E-state index in [-0.39, 0.29) is 11.6 Å². The molecular weight excluding hydrogens is 799 g/mol. The summed E-state index contributed by atoms with van der Waals surface area (Å²) in [4.78, 5) is 4.09. The summed E-state index contributed by atoms with van der Waals surface area (Å²) < 4.78 is 32.3. The Balaban J connectivity index is 1.21. The Bertz CT molecular complexity index is 3670. The quantitative estimate of drug-likeness (QED) is 0.154. The van der Waals surface area contributed by atoms with Crippen molar-refractivity contribution < 1.29 is 8.78 Å². The van der Waals surface area contributed by atoms with Gasteiger partial charge in [0.15, 0.2) is 0 Å². The monoisotopic (exact) mass is 836 g/mol. The zero-order valence-electron chi connectivity index (χ0n) is 35.1. The SMILES string of the molecule is Fc1ccccc1N(c1ccccc1)c1ccc2c3c(c4ccccc4c2c1)-c1cc(N(c2ccccc2)c2ccccc2F)c2ccccc2c1C31c2ccccc2-c2ccccc21. The number of halogens is 2. The van der Waals surface area contributed by atoms with Gasteiger partial charge in [0.1, 0.15) is 11.6 Å². The van der Waals surface area contributed by atoms with Crippen LogP contribution in [0.25, 0.3) is 54.6 Å². The lowest BCUT2D eigenvalue weighted by Crippen LogP contribution is -2.27. The molecule has 2 aliphatic rings. The number of nitrogens with zero attached hydrogens (tertiary/aromatic N) is 2. The first-order valence-electron chi connectivity index (χ1n) is 22.1. The van der Waals surface area contributed by atoms with Crippen LogP contribution in [-0.2, 0) is 5.41 Å². The normalized spacial score (nSPS) is 12.9. The van der Waals surface area contributed by atoms with Gasteiger partial charge in [-0.15, -0.1) is 0 Å². The summed E-state index contributed by atoms with van der Waals surface area (Å²) in [5.74, 6) is -0.602. The van der Waals surface area contributed by atoms with E-state index in [4.69, 9.17) is 0 Å². The van der Waals surface area contributed by atoms with Crippen LogP contribution in [0.1, 0.15) is 22.3 Å². The molecule has 13 rings (SSSR count). The Hall–Kier alpha value is -8.34. The molecule has 65 heavy (non-hydrogen) atoms. The number of benzene rings is 11. The molecule has 0 atom stereocenters. The summed E-state index contributed by atoms with van der Waals surface area (Å²) in [5.41, 5.74) is 13.2. The third-order valence-electron chi connectivity index (χ3n) is 13.7.